The molecule has 10 heavy (non-hydrogen) atoms. The first-order chi connectivity index (χ1) is 4.83. The average molecular weight is 135 g/mol. The van der Waals surface area contributed by atoms with Crippen LogP contribution in [0.15, 0.2) is 12.2 Å². The van der Waals surface area contributed by atoms with Gasteiger partial charge in [0.1, 0.15) is 0 Å². The molecule has 2 heteroatoms. The molecule has 2 nitrogen and oxygen atoms in total. The van der Waals surface area contributed by atoms with Crippen molar-refractivity contribution in [2.24, 2.45) is 17.8 Å². The number of aliphatic hydroxyl groups excluding tert-OH is 1. The third-order valence-electron chi connectivity index (χ3n) is 2.57. The molecule has 0 radical (unpaired) electrons. The molecule has 2 aliphatic rings. The molecule has 1 fully saturated rings. The van der Waals surface area contributed by atoms with Crippen LogP contribution < -0.4 is 0 Å². The SMILES string of the molecule is N#CC1CC2C=CC1C2O. The van der Waals surface area contributed by atoms with Crippen LogP contribution in [0.4, 0.5) is 0 Å². The Morgan fingerprint density at radius 1 is 1.50 bits per heavy atom. The van der Waals surface area contributed by atoms with E-state index >= 15 is 0 Å². The fourth-order valence-electron chi connectivity index (χ4n) is 1.96. The molecule has 0 amide bonds. The predicted molar refractivity (Wildman–Crippen MR) is 35.8 cm³/mol. The van der Waals surface area contributed by atoms with E-state index in [1.807, 2.05) is 12.2 Å². The standard InChI is InChI=1S/C8H9NO/c9-4-6-3-5-1-2-7(6)8(5)10/h1-2,5-8,10H,3H2. The van der Waals surface area contributed by atoms with Crippen LogP contribution in [-0.2, 0) is 0 Å². The molecule has 0 aromatic rings. The summed E-state index contributed by atoms with van der Waals surface area (Å²) < 4.78 is 0. The van der Waals surface area contributed by atoms with Crippen LogP contribution in [-0.4, -0.2) is 11.2 Å². The van der Waals surface area contributed by atoms with Gasteiger partial charge in [-0.2, -0.15) is 5.26 Å². The van der Waals surface area contributed by atoms with Crippen LogP contribution in [0.2, 0.25) is 0 Å². The summed E-state index contributed by atoms with van der Waals surface area (Å²) >= 11 is 0. The van der Waals surface area contributed by atoms with E-state index in [4.69, 9.17) is 5.26 Å². The molecule has 0 spiro atoms. The summed E-state index contributed by atoms with van der Waals surface area (Å²) in [5.41, 5.74) is 0. The molecule has 0 aromatic carbocycles. The molecule has 0 aliphatic heterocycles. The summed E-state index contributed by atoms with van der Waals surface area (Å²) in [5.74, 6) is 0.481. The molecule has 2 bridgehead atoms. The van der Waals surface area contributed by atoms with Crippen molar-refractivity contribution in [1.82, 2.24) is 0 Å². The lowest BCUT2D eigenvalue weighted by Crippen LogP contribution is -2.14. The van der Waals surface area contributed by atoms with Gasteiger partial charge in [-0.05, 0) is 6.42 Å². The van der Waals surface area contributed by atoms with Gasteiger partial charge in [-0.1, -0.05) is 12.2 Å². The molecule has 4 unspecified atom stereocenters. The van der Waals surface area contributed by atoms with Crippen molar-refractivity contribution in [2.75, 3.05) is 0 Å². The Bertz CT molecular complexity index is 216. The highest BCUT2D eigenvalue weighted by Crippen LogP contribution is 2.43. The molecular formula is C8H9NO. The van der Waals surface area contributed by atoms with Gasteiger partial charge in [-0.25, -0.2) is 0 Å². The van der Waals surface area contributed by atoms with Gasteiger partial charge in [0.05, 0.1) is 18.1 Å². The van der Waals surface area contributed by atoms with E-state index in [-0.39, 0.29) is 23.9 Å². The average Bonchev–Trinajstić information content (AvgIpc) is 2.46. The maximum Gasteiger partial charge on any atom is 0.0678 e. The zero-order valence-corrected chi connectivity index (χ0v) is 5.57. The van der Waals surface area contributed by atoms with Crippen molar-refractivity contribution in [3.63, 3.8) is 0 Å². The number of hydrogen-bond acceptors (Lipinski definition) is 2. The first-order valence-electron chi connectivity index (χ1n) is 3.59. The summed E-state index contributed by atoms with van der Waals surface area (Å²) in [7, 11) is 0. The van der Waals surface area contributed by atoms with Crippen LogP contribution in [0.5, 0.6) is 0 Å². The Morgan fingerprint density at radius 2 is 2.30 bits per heavy atom. The molecule has 0 heterocycles. The van der Waals surface area contributed by atoms with Crippen molar-refractivity contribution in [3.8, 4) is 6.07 Å². The Hall–Kier alpha value is -0.810. The fourth-order valence-corrected chi connectivity index (χ4v) is 1.96. The maximum absolute atomic E-state index is 9.42. The lowest BCUT2D eigenvalue weighted by molar-refractivity contribution is 0.134. The topological polar surface area (TPSA) is 44.0 Å². The van der Waals surface area contributed by atoms with Gasteiger partial charge < -0.3 is 5.11 Å². The van der Waals surface area contributed by atoms with Gasteiger partial charge in [0.15, 0.2) is 0 Å². The lowest BCUT2D eigenvalue weighted by Gasteiger charge is -2.08. The molecule has 1 saturated carbocycles. The minimum Gasteiger partial charge on any atom is -0.392 e. The number of nitrogens with zero attached hydrogens (tertiary/aromatic N) is 1. The largest absolute Gasteiger partial charge is 0.392 e. The number of nitriles is 1. The fraction of sp³-hybridized carbons (Fsp3) is 0.625. The van der Waals surface area contributed by atoms with Crippen LogP contribution in [0, 0.1) is 29.1 Å². The summed E-state index contributed by atoms with van der Waals surface area (Å²) in [6, 6.07) is 2.21. The zero-order valence-electron chi connectivity index (χ0n) is 5.57. The number of aliphatic hydroxyl groups is 1. The van der Waals surface area contributed by atoms with E-state index in [1.165, 1.54) is 0 Å². The van der Waals surface area contributed by atoms with Crippen molar-refractivity contribution < 1.29 is 5.11 Å². The third kappa shape index (κ3) is 0.559. The van der Waals surface area contributed by atoms with Gasteiger partial charge in [-0.3, -0.25) is 0 Å². The van der Waals surface area contributed by atoms with Crippen LogP contribution >= 0.6 is 0 Å². The van der Waals surface area contributed by atoms with E-state index < -0.39 is 0 Å². The van der Waals surface area contributed by atoms with Crippen molar-refractivity contribution >= 4 is 0 Å². The summed E-state index contributed by atoms with van der Waals surface area (Å²) in [6.45, 7) is 0. The Labute approximate surface area is 59.8 Å². The molecule has 2 rings (SSSR count). The molecule has 2 aliphatic carbocycles. The molecule has 0 saturated heterocycles. The second-order valence-electron chi connectivity index (χ2n) is 3.09. The van der Waals surface area contributed by atoms with Gasteiger partial charge in [-0.15, -0.1) is 0 Å². The van der Waals surface area contributed by atoms with Gasteiger partial charge in [0.2, 0.25) is 0 Å². The van der Waals surface area contributed by atoms with Crippen LogP contribution in [0.3, 0.4) is 0 Å². The smallest absolute Gasteiger partial charge is 0.0678 e. The van der Waals surface area contributed by atoms with E-state index in [0.29, 0.717) is 0 Å². The minimum atomic E-state index is -0.260. The second-order valence-corrected chi connectivity index (χ2v) is 3.09. The predicted octanol–water partition coefficient (Wildman–Crippen LogP) is 0.693. The van der Waals surface area contributed by atoms with E-state index in [2.05, 4.69) is 6.07 Å². The van der Waals surface area contributed by atoms with E-state index in [9.17, 15) is 5.11 Å². The first kappa shape index (κ1) is 5.94. The number of fused-ring (bicyclic) bond motifs is 2. The van der Waals surface area contributed by atoms with Crippen molar-refractivity contribution in [2.45, 2.75) is 12.5 Å². The van der Waals surface area contributed by atoms with Gasteiger partial charge in [0, 0.05) is 11.8 Å². The van der Waals surface area contributed by atoms with E-state index in [0.717, 1.165) is 6.42 Å². The Balaban J connectivity index is 2.25. The van der Waals surface area contributed by atoms with Gasteiger partial charge >= 0.3 is 0 Å². The molecule has 52 valence electrons. The summed E-state index contributed by atoms with van der Waals surface area (Å²) in [6.07, 6.45) is 4.61. The molecule has 4 atom stereocenters. The second kappa shape index (κ2) is 1.83. The normalized spacial score (nSPS) is 49.6. The zero-order chi connectivity index (χ0) is 7.14. The van der Waals surface area contributed by atoms with Crippen molar-refractivity contribution in [1.29, 1.82) is 5.26 Å². The molecule has 0 aromatic heterocycles. The number of rotatable bonds is 0. The molecular weight excluding hydrogens is 126 g/mol. The lowest BCUT2D eigenvalue weighted by atomic mass is 9.95. The van der Waals surface area contributed by atoms with Crippen LogP contribution in [0.1, 0.15) is 6.42 Å². The Morgan fingerprint density at radius 3 is 2.60 bits per heavy atom. The maximum atomic E-state index is 9.42. The summed E-state index contributed by atoms with van der Waals surface area (Å²) in [5, 5.41) is 18.0. The highest BCUT2D eigenvalue weighted by molar-refractivity contribution is 5.19. The minimum absolute atomic E-state index is 0.0741. The third-order valence-corrected chi connectivity index (χ3v) is 2.57. The quantitative estimate of drug-likeness (QED) is 0.497. The monoisotopic (exact) mass is 135 g/mol. The van der Waals surface area contributed by atoms with Gasteiger partial charge in [0.25, 0.3) is 0 Å². The number of hydrogen-bond donors (Lipinski definition) is 1. The summed E-state index contributed by atoms with van der Waals surface area (Å²) in [4.78, 5) is 0. The highest BCUT2D eigenvalue weighted by Gasteiger charge is 2.43. The highest BCUT2D eigenvalue weighted by atomic mass is 16.3. The Kier molecular flexibility index (Phi) is 1.09. The molecule has 1 N–H and O–H groups in total. The van der Waals surface area contributed by atoms with Crippen molar-refractivity contribution in [3.05, 3.63) is 12.2 Å². The first-order valence-corrected chi connectivity index (χ1v) is 3.59. The van der Waals surface area contributed by atoms with E-state index in [1.54, 1.807) is 0 Å². The van der Waals surface area contributed by atoms with Crippen LogP contribution in [0.25, 0.3) is 0 Å².